The zero-order valence-electron chi connectivity index (χ0n) is 12.3. The van der Waals surface area contributed by atoms with Crippen LogP contribution in [0.4, 0.5) is 0 Å². The third kappa shape index (κ3) is 2.07. The SMILES string of the molecule is C[Si](C)(C)C1=C2c3cnccc3[C@@H](O)C[C@H]2CCC1=O. The number of hydrogen-bond acceptors (Lipinski definition) is 3. The van der Waals surface area contributed by atoms with E-state index in [9.17, 15) is 9.90 Å². The summed E-state index contributed by atoms with van der Waals surface area (Å²) in [6.45, 7) is 6.70. The summed E-state index contributed by atoms with van der Waals surface area (Å²) in [4.78, 5) is 16.7. The van der Waals surface area contributed by atoms with Crippen LogP contribution in [0.5, 0.6) is 0 Å². The van der Waals surface area contributed by atoms with Crippen LogP contribution in [0.3, 0.4) is 0 Å². The maximum atomic E-state index is 12.5. The fourth-order valence-corrected chi connectivity index (χ4v) is 5.77. The van der Waals surface area contributed by atoms with Gasteiger partial charge in [0.15, 0.2) is 5.78 Å². The highest BCUT2D eigenvalue weighted by atomic mass is 28.3. The molecule has 0 fully saturated rings. The lowest BCUT2D eigenvalue weighted by Crippen LogP contribution is -2.36. The number of aromatic nitrogens is 1. The fourth-order valence-electron chi connectivity index (χ4n) is 3.66. The lowest BCUT2D eigenvalue weighted by atomic mass is 9.73. The quantitative estimate of drug-likeness (QED) is 0.807. The highest BCUT2D eigenvalue weighted by Gasteiger charge is 2.40. The maximum Gasteiger partial charge on any atom is 0.155 e. The van der Waals surface area contributed by atoms with Gasteiger partial charge < -0.3 is 5.11 Å². The van der Waals surface area contributed by atoms with E-state index < -0.39 is 14.2 Å². The van der Waals surface area contributed by atoms with Crippen molar-refractivity contribution in [2.75, 3.05) is 0 Å². The van der Waals surface area contributed by atoms with Crippen LogP contribution in [0, 0.1) is 5.92 Å². The molecule has 4 heteroatoms. The first-order valence-electron chi connectivity index (χ1n) is 7.30. The minimum Gasteiger partial charge on any atom is -0.388 e. The molecule has 0 unspecified atom stereocenters. The Bertz CT molecular complexity index is 601. The Morgan fingerprint density at radius 1 is 1.35 bits per heavy atom. The number of fused-ring (bicyclic) bond motifs is 3. The van der Waals surface area contributed by atoms with Crippen molar-refractivity contribution in [3.8, 4) is 0 Å². The van der Waals surface area contributed by atoms with Crippen LogP contribution >= 0.6 is 0 Å². The molecular formula is C16H21NO2Si. The van der Waals surface area contributed by atoms with Crippen molar-refractivity contribution in [1.29, 1.82) is 0 Å². The smallest absolute Gasteiger partial charge is 0.155 e. The van der Waals surface area contributed by atoms with E-state index in [1.165, 1.54) is 5.57 Å². The summed E-state index contributed by atoms with van der Waals surface area (Å²) in [5.74, 6) is 0.641. The first-order chi connectivity index (χ1) is 9.39. The van der Waals surface area contributed by atoms with E-state index in [0.29, 0.717) is 18.1 Å². The molecule has 0 aromatic carbocycles. The van der Waals surface area contributed by atoms with Crippen molar-refractivity contribution >= 4 is 19.4 Å². The molecule has 20 heavy (non-hydrogen) atoms. The van der Waals surface area contributed by atoms with Crippen LogP contribution in [-0.4, -0.2) is 23.9 Å². The van der Waals surface area contributed by atoms with Gasteiger partial charge in [0.05, 0.1) is 14.2 Å². The molecule has 0 aliphatic heterocycles. The van der Waals surface area contributed by atoms with Crippen LogP contribution in [0.1, 0.15) is 36.5 Å². The van der Waals surface area contributed by atoms with Crippen LogP contribution in [0.2, 0.25) is 19.6 Å². The number of carbonyl (C=O) groups excluding carboxylic acids is 1. The zero-order chi connectivity index (χ0) is 14.5. The molecule has 3 rings (SSSR count). The predicted octanol–water partition coefficient (Wildman–Crippen LogP) is 3.13. The minimum atomic E-state index is -1.70. The van der Waals surface area contributed by atoms with Crippen molar-refractivity contribution in [1.82, 2.24) is 4.98 Å². The van der Waals surface area contributed by atoms with Crippen molar-refractivity contribution in [3.63, 3.8) is 0 Å². The van der Waals surface area contributed by atoms with Gasteiger partial charge in [0.1, 0.15) is 0 Å². The third-order valence-corrected chi connectivity index (χ3v) is 6.49. The van der Waals surface area contributed by atoms with Crippen LogP contribution in [0.15, 0.2) is 23.7 Å². The largest absolute Gasteiger partial charge is 0.388 e. The molecule has 1 N–H and O–H groups in total. The fraction of sp³-hybridized carbons (Fsp3) is 0.500. The molecule has 0 spiro atoms. The monoisotopic (exact) mass is 287 g/mol. The van der Waals surface area contributed by atoms with Crippen molar-refractivity contribution in [2.24, 2.45) is 5.92 Å². The van der Waals surface area contributed by atoms with Crippen molar-refractivity contribution in [3.05, 3.63) is 34.8 Å². The van der Waals surface area contributed by atoms with Gasteiger partial charge in [-0.15, -0.1) is 0 Å². The average Bonchev–Trinajstić information content (AvgIpc) is 2.38. The van der Waals surface area contributed by atoms with E-state index >= 15 is 0 Å². The Morgan fingerprint density at radius 2 is 2.10 bits per heavy atom. The van der Waals surface area contributed by atoms with E-state index in [0.717, 1.165) is 29.2 Å². The highest BCUT2D eigenvalue weighted by Crippen LogP contribution is 2.48. The Labute approximate surface area is 120 Å². The average molecular weight is 287 g/mol. The number of aliphatic hydroxyl groups is 1. The van der Waals surface area contributed by atoms with Gasteiger partial charge in [-0.3, -0.25) is 9.78 Å². The summed E-state index contributed by atoms with van der Waals surface area (Å²) >= 11 is 0. The molecular weight excluding hydrogens is 266 g/mol. The molecule has 1 heterocycles. The predicted molar refractivity (Wildman–Crippen MR) is 81.8 cm³/mol. The van der Waals surface area contributed by atoms with Gasteiger partial charge in [-0.2, -0.15) is 0 Å². The topological polar surface area (TPSA) is 50.2 Å². The number of rotatable bonds is 1. The second kappa shape index (κ2) is 4.64. The van der Waals surface area contributed by atoms with Gasteiger partial charge in [0.25, 0.3) is 0 Å². The third-order valence-electron chi connectivity index (χ3n) is 4.44. The Morgan fingerprint density at radius 3 is 2.80 bits per heavy atom. The number of carbonyl (C=O) groups is 1. The summed E-state index contributed by atoms with van der Waals surface area (Å²) in [6.07, 6.45) is 5.38. The van der Waals surface area contributed by atoms with Crippen molar-refractivity contribution in [2.45, 2.75) is 45.0 Å². The van der Waals surface area contributed by atoms with Crippen LogP contribution in [0.25, 0.3) is 5.57 Å². The molecule has 2 aliphatic carbocycles. The molecule has 0 radical (unpaired) electrons. The number of allylic oxidation sites excluding steroid dienone is 2. The lowest BCUT2D eigenvalue weighted by Gasteiger charge is -2.38. The number of pyridine rings is 1. The number of hydrogen-bond donors (Lipinski definition) is 1. The summed E-state index contributed by atoms with van der Waals surface area (Å²) in [5.41, 5.74) is 3.16. The normalized spacial score (nSPS) is 26.3. The lowest BCUT2D eigenvalue weighted by molar-refractivity contribution is -0.115. The van der Waals surface area contributed by atoms with E-state index in [4.69, 9.17) is 0 Å². The first-order valence-corrected chi connectivity index (χ1v) is 10.8. The first kappa shape index (κ1) is 13.7. The molecule has 1 aromatic heterocycles. The van der Waals surface area contributed by atoms with Gasteiger partial charge in [-0.1, -0.05) is 19.6 Å². The highest BCUT2D eigenvalue weighted by molar-refractivity contribution is 6.88. The van der Waals surface area contributed by atoms with E-state index in [2.05, 4.69) is 24.6 Å². The number of nitrogens with zero attached hydrogens (tertiary/aromatic N) is 1. The van der Waals surface area contributed by atoms with Crippen LogP contribution < -0.4 is 0 Å². The second-order valence-corrected chi connectivity index (χ2v) is 11.9. The van der Waals surface area contributed by atoms with E-state index in [1.54, 1.807) is 6.20 Å². The molecule has 0 bridgehead atoms. The van der Waals surface area contributed by atoms with Gasteiger partial charge in [0.2, 0.25) is 0 Å². The van der Waals surface area contributed by atoms with Gasteiger partial charge >= 0.3 is 0 Å². The Balaban J connectivity index is 2.30. The minimum absolute atomic E-state index is 0.320. The molecule has 0 amide bonds. The molecule has 3 nitrogen and oxygen atoms in total. The van der Waals surface area contributed by atoms with Gasteiger partial charge in [0, 0.05) is 24.4 Å². The maximum absolute atomic E-state index is 12.5. The molecule has 2 atom stereocenters. The Hall–Kier alpha value is -1.26. The molecule has 106 valence electrons. The molecule has 1 aromatic rings. The number of Topliss-reactive ketones (excluding diaryl/α,β-unsaturated/α-hetero) is 1. The summed E-state index contributed by atoms with van der Waals surface area (Å²) < 4.78 is 0. The summed E-state index contributed by atoms with van der Waals surface area (Å²) in [6, 6.07) is 1.89. The number of ketones is 1. The molecule has 0 saturated heterocycles. The zero-order valence-corrected chi connectivity index (χ0v) is 13.3. The standard InChI is InChI=1S/C16H21NO2Si/c1-20(2,3)16-13(18)5-4-10-8-14(19)11-6-7-17-9-12(11)15(10)16/h6-7,9-10,14,19H,4-5,8H2,1-3H3/t10-,14+/m1/s1. The van der Waals surface area contributed by atoms with Crippen molar-refractivity contribution < 1.29 is 9.90 Å². The molecule has 2 aliphatic rings. The molecule has 0 saturated carbocycles. The van der Waals surface area contributed by atoms with E-state index in [-0.39, 0.29) is 0 Å². The Kier molecular flexibility index (Phi) is 3.18. The number of aliphatic hydroxyl groups excluding tert-OH is 1. The second-order valence-electron chi connectivity index (χ2n) is 6.91. The van der Waals surface area contributed by atoms with Crippen LogP contribution in [-0.2, 0) is 4.79 Å². The van der Waals surface area contributed by atoms with E-state index in [1.807, 2.05) is 12.3 Å². The van der Waals surface area contributed by atoms with Gasteiger partial charge in [-0.05, 0) is 41.2 Å². The van der Waals surface area contributed by atoms with Gasteiger partial charge in [-0.25, -0.2) is 0 Å². The summed E-state index contributed by atoms with van der Waals surface area (Å²) in [5, 5.41) is 11.4. The summed E-state index contributed by atoms with van der Waals surface area (Å²) in [7, 11) is -1.70.